The summed E-state index contributed by atoms with van der Waals surface area (Å²) in [6.07, 6.45) is 0.532. The first-order chi connectivity index (χ1) is 12.5. The number of nitrogens with one attached hydrogen (secondary N) is 1. The monoisotopic (exact) mass is 357 g/mol. The van der Waals surface area contributed by atoms with E-state index >= 15 is 0 Å². The molecule has 0 saturated heterocycles. The first-order valence-electron chi connectivity index (χ1n) is 8.39. The van der Waals surface area contributed by atoms with Crippen molar-refractivity contribution < 1.29 is 24.2 Å². The number of aliphatic carboxylic acids is 1. The molecule has 0 radical (unpaired) electrons. The molecule has 138 valence electrons. The maximum atomic E-state index is 12.4. The largest absolute Gasteiger partial charge is 0.497 e. The van der Waals surface area contributed by atoms with Crippen LogP contribution in [0.2, 0.25) is 0 Å². The van der Waals surface area contributed by atoms with Gasteiger partial charge in [-0.25, -0.2) is 0 Å². The van der Waals surface area contributed by atoms with Crippen molar-refractivity contribution in [2.24, 2.45) is 0 Å². The van der Waals surface area contributed by atoms with Crippen molar-refractivity contribution in [1.82, 2.24) is 0 Å². The number of ether oxygens (including phenoxy) is 2. The molecule has 0 aliphatic carbocycles. The molecule has 2 aromatic carbocycles. The van der Waals surface area contributed by atoms with Gasteiger partial charge in [0.25, 0.3) is 0 Å². The lowest BCUT2D eigenvalue weighted by Gasteiger charge is -2.13. The highest BCUT2D eigenvalue weighted by Crippen LogP contribution is 2.22. The van der Waals surface area contributed by atoms with E-state index in [2.05, 4.69) is 5.32 Å². The van der Waals surface area contributed by atoms with Crippen molar-refractivity contribution in [2.75, 3.05) is 19.0 Å². The zero-order chi connectivity index (χ0) is 18.9. The van der Waals surface area contributed by atoms with Gasteiger partial charge in [0, 0.05) is 12.1 Å². The second kappa shape index (κ2) is 9.46. The molecular formula is C20H23NO5. The van der Waals surface area contributed by atoms with Crippen LogP contribution >= 0.6 is 0 Å². The Morgan fingerprint density at radius 1 is 1.04 bits per heavy atom. The lowest BCUT2D eigenvalue weighted by molar-refractivity contribution is -0.137. The minimum Gasteiger partial charge on any atom is -0.497 e. The van der Waals surface area contributed by atoms with Crippen LogP contribution in [0.1, 0.15) is 31.2 Å². The summed E-state index contributed by atoms with van der Waals surface area (Å²) in [5, 5.41) is 11.5. The lowest BCUT2D eigenvalue weighted by Crippen LogP contribution is -2.18. The van der Waals surface area contributed by atoms with Crippen molar-refractivity contribution in [3.63, 3.8) is 0 Å². The van der Waals surface area contributed by atoms with E-state index < -0.39 is 5.97 Å². The Morgan fingerprint density at radius 3 is 2.23 bits per heavy atom. The molecule has 1 amide bonds. The maximum Gasteiger partial charge on any atom is 0.303 e. The Hall–Kier alpha value is -3.02. The van der Waals surface area contributed by atoms with Gasteiger partial charge in [0.15, 0.2) is 0 Å². The fourth-order valence-electron chi connectivity index (χ4n) is 2.34. The van der Waals surface area contributed by atoms with Crippen LogP contribution in [0.4, 0.5) is 5.69 Å². The number of carboxylic acid groups (broad SMARTS) is 1. The number of anilines is 1. The molecule has 0 saturated carbocycles. The predicted molar refractivity (Wildman–Crippen MR) is 98.8 cm³/mol. The summed E-state index contributed by atoms with van der Waals surface area (Å²) in [6.45, 7) is 2.18. The lowest BCUT2D eigenvalue weighted by atomic mass is 10.00. The zero-order valence-corrected chi connectivity index (χ0v) is 14.9. The van der Waals surface area contributed by atoms with Crippen LogP contribution in [0, 0.1) is 0 Å². The molecule has 1 unspecified atom stereocenters. The van der Waals surface area contributed by atoms with Gasteiger partial charge in [-0.1, -0.05) is 12.1 Å². The van der Waals surface area contributed by atoms with Gasteiger partial charge in [-0.3, -0.25) is 9.59 Å². The summed E-state index contributed by atoms with van der Waals surface area (Å²) >= 11 is 0. The minimum absolute atomic E-state index is 0.0807. The molecule has 0 fully saturated rings. The molecule has 0 aromatic heterocycles. The number of hydrogen-bond acceptors (Lipinski definition) is 4. The summed E-state index contributed by atoms with van der Waals surface area (Å²) in [7, 11) is 1.60. The number of carboxylic acids is 1. The van der Waals surface area contributed by atoms with Gasteiger partial charge >= 0.3 is 5.97 Å². The molecule has 0 bridgehead atoms. The van der Waals surface area contributed by atoms with Crippen molar-refractivity contribution in [3.05, 3.63) is 54.1 Å². The second-order valence-electron chi connectivity index (χ2n) is 5.85. The van der Waals surface area contributed by atoms with Crippen molar-refractivity contribution in [1.29, 1.82) is 0 Å². The van der Waals surface area contributed by atoms with E-state index in [-0.39, 0.29) is 18.2 Å². The third-order valence-corrected chi connectivity index (χ3v) is 3.93. The fraction of sp³-hybridized carbons (Fsp3) is 0.300. The van der Waals surface area contributed by atoms with Crippen LogP contribution < -0.4 is 14.8 Å². The van der Waals surface area contributed by atoms with Crippen molar-refractivity contribution in [3.8, 4) is 11.5 Å². The number of hydrogen-bond donors (Lipinski definition) is 2. The van der Waals surface area contributed by atoms with E-state index in [0.29, 0.717) is 24.5 Å². The van der Waals surface area contributed by atoms with Crippen LogP contribution in [0.5, 0.6) is 11.5 Å². The van der Waals surface area contributed by atoms with Gasteiger partial charge in [-0.15, -0.1) is 0 Å². The molecule has 2 N–H and O–H groups in total. The molecule has 0 aliphatic rings. The number of amides is 1. The van der Waals surface area contributed by atoms with E-state index in [4.69, 9.17) is 14.6 Å². The summed E-state index contributed by atoms with van der Waals surface area (Å²) in [6, 6.07) is 14.4. The summed E-state index contributed by atoms with van der Waals surface area (Å²) in [5.41, 5.74) is 1.58. The topological polar surface area (TPSA) is 84.9 Å². The molecule has 2 aromatic rings. The third kappa shape index (κ3) is 5.81. The van der Waals surface area contributed by atoms with E-state index in [1.54, 1.807) is 31.4 Å². The van der Waals surface area contributed by atoms with Crippen LogP contribution in [-0.2, 0) is 9.59 Å². The Kier molecular flexibility index (Phi) is 7.02. The Bertz CT molecular complexity index is 725. The molecule has 26 heavy (non-hydrogen) atoms. The highest BCUT2D eigenvalue weighted by molar-refractivity contribution is 5.95. The smallest absolute Gasteiger partial charge is 0.303 e. The van der Waals surface area contributed by atoms with Gasteiger partial charge in [-0.2, -0.15) is 0 Å². The quantitative estimate of drug-likeness (QED) is 0.669. The van der Waals surface area contributed by atoms with Gasteiger partial charge in [-0.05, 0) is 55.3 Å². The number of rotatable bonds is 9. The van der Waals surface area contributed by atoms with E-state index in [1.807, 2.05) is 31.2 Å². The van der Waals surface area contributed by atoms with Gasteiger partial charge in [0.05, 0.1) is 19.6 Å². The Balaban J connectivity index is 1.86. The number of carbonyl (C=O) groups excluding carboxylic acids is 1. The average molecular weight is 357 g/mol. The van der Waals surface area contributed by atoms with E-state index in [1.165, 1.54) is 0 Å². The van der Waals surface area contributed by atoms with Crippen LogP contribution in [0.3, 0.4) is 0 Å². The van der Waals surface area contributed by atoms with E-state index in [0.717, 1.165) is 11.3 Å². The second-order valence-corrected chi connectivity index (χ2v) is 5.85. The van der Waals surface area contributed by atoms with E-state index in [9.17, 15) is 9.59 Å². The maximum absolute atomic E-state index is 12.4. The highest BCUT2D eigenvalue weighted by Gasteiger charge is 2.15. The summed E-state index contributed by atoms with van der Waals surface area (Å²) in [4.78, 5) is 22.8. The summed E-state index contributed by atoms with van der Waals surface area (Å²) in [5.74, 6) is 0.146. The zero-order valence-electron chi connectivity index (χ0n) is 14.9. The average Bonchev–Trinajstić information content (AvgIpc) is 2.65. The number of benzene rings is 2. The van der Waals surface area contributed by atoms with Crippen molar-refractivity contribution in [2.45, 2.75) is 25.7 Å². The number of methoxy groups -OCH3 is 1. The Labute approximate surface area is 152 Å². The molecule has 0 heterocycles. The molecule has 0 spiro atoms. The van der Waals surface area contributed by atoms with Gasteiger partial charge < -0.3 is 19.9 Å². The molecule has 0 aliphatic heterocycles. The fourth-order valence-corrected chi connectivity index (χ4v) is 2.34. The van der Waals surface area contributed by atoms with Gasteiger partial charge in [0.2, 0.25) is 5.91 Å². The van der Waals surface area contributed by atoms with Crippen LogP contribution in [-0.4, -0.2) is 30.7 Å². The summed E-state index contributed by atoms with van der Waals surface area (Å²) < 4.78 is 10.6. The number of carbonyl (C=O) groups is 2. The normalized spacial score (nSPS) is 11.5. The molecular weight excluding hydrogens is 334 g/mol. The Morgan fingerprint density at radius 2 is 1.65 bits per heavy atom. The minimum atomic E-state index is -0.836. The van der Waals surface area contributed by atoms with Crippen molar-refractivity contribution >= 4 is 17.6 Å². The standard InChI is InChI=1S/C20H23NO5/c1-14(15-5-9-17(25-2)10-6-15)20(24)21-16-7-11-18(12-8-16)26-13-3-4-19(22)23/h5-12,14H,3-4,13H2,1-2H3,(H,21,24)(H,22,23). The van der Waals surface area contributed by atoms with Gasteiger partial charge in [0.1, 0.15) is 11.5 Å². The SMILES string of the molecule is COc1ccc(C(C)C(=O)Nc2ccc(OCCCC(=O)O)cc2)cc1. The predicted octanol–water partition coefficient (Wildman–Crippen LogP) is 3.68. The molecule has 1 atom stereocenters. The third-order valence-electron chi connectivity index (χ3n) is 3.93. The van der Waals surface area contributed by atoms with Crippen LogP contribution in [0.15, 0.2) is 48.5 Å². The first kappa shape index (κ1) is 19.3. The van der Waals surface area contributed by atoms with Crippen LogP contribution in [0.25, 0.3) is 0 Å². The molecule has 6 nitrogen and oxygen atoms in total. The molecule has 2 rings (SSSR count). The molecule has 6 heteroatoms. The highest BCUT2D eigenvalue weighted by atomic mass is 16.5. The first-order valence-corrected chi connectivity index (χ1v) is 8.39.